The molecule has 1 amide bonds. The van der Waals surface area contributed by atoms with Crippen LogP contribution in [0.2, 0.25) is 0 Å². The van der Waals surface area contributed by atoms with Crippen molar-refractivity contribution in [1.29, 1.82) is 0 Å². The first-order chi connectivity index (χ1) is 8.72. The minimum Gasteiger partial charge on any atom is -0.381 e. The van der Waals surface area contributed by atoms with Gasteiger partial charge in [0.1, 0.15) is 0 Å². The SMILES string of the molecule is CCN1CCC2(C1)CN(C(=O)C1[C@H]3COC[C@@H]13)C2. The minimum absolute atomic E-state index is 0.319. The number of hydrogen-bond donors (Lipinski definition) is 0. The van der Waals surface area contributed by atoms with Crippen LogP contribution in [0, 0.1) is 23.2 Å². The maximum Gasteiger partial charge on any atom is 0.226 e. The first-order valence-electron chi connectivity index (χ1n) is 7.31. The topological polar surface area (TPSA) is 32.8 Å². The molecule has 18 heavy (non-hydrogen) atoms. The Kier molecular flexibility index (Phi) is 2.31. The predicted molar refractivity (Wildman–Crippen MR) is 67.0 cm³/mol. The molecule has 4 fully saturated rings. The number of amides is 1. The summed E-state index contributed by atoms with van der Waals surface area (Å²) in [6, 6.07) is 0. The number of nitrogens with zero attached hydrogens (tertiary/aromatic N) is 2. The van der Waals surface area contributed by atoms with Gasteiger partial charge in [-0.2, -0.15) is 0 Å². The number of carbonyl (C=O) groups is 1. The van der Waals surface area contributed by atoms with Crippen LogP contribution in [0.4, 0.5) is 0 Å². The van der Waals surface area contributed by atoms with Gasteiger partial charge in [-0.3, -0.25) is 4.79 Å². The summed E-state index contributed by atoms with van der Waals surface area (Å²) in [4.78, 5) is 17.0. The molecule has 1 aliphatic carbocycles. The van der Waals surface area contributed by atoms with Gasteiger partial charge >= 0.3 is 0 Å². The van der Waals surface area contributed by atoms with Crippen LogP contribution in [0.3, 0.4) is 0 Å². The van der Waals surface area contributed by atoms with Gasteiger partial charge in [-0.15, -0.1) is 0 Å². The molecule has 0 aromatic carbocycles. The Morgan fingerprint density at radius 3 is 2.61 bits per heavy atom. The van der Waals surface area contributed by atoms with E-state index in [1.807, 2.05) is 0 Å². The van der Waals surface area contributed by atoms with Crippen LogP contribution in [0.1, 0.15) is 13.3 Å². The van der Waals surface area contributed by atoms with Crippen molar-refractivity contribution in [2.24, 2.45) is 23.2 Å². The zero-order chi connectivity index (χ0) is 12.3. The van der Waals surface area contributed by atoms with Gasteiger partial charge in [-0.05, 0) is 31.3 Å². The highest BCUT2D eigenvalue weighted by atomic mass is 16.5. The zero-order valence-electron chi connectivity index (χ0n) is 11.1. The zero-order valence-corrected chi connectivity index (χ0v) is 11.1. The van der Waals surface area contributed by atoms with Crippen LogP contribution in [-0.2, 0) is 9.53 Å². The summed E-state index contributed by atoms with van der Waals surface area (Å²) in [6.45, 7) is 9.48. The molecular weight excluding hydrogens is 228 g/mol. The Morgan fingerprint density at radius 2 is 2.00 bits per heavy atom. The molecule has 3 aliphatic heterocycles. The van der Waals surface area contributed by atoms with E-state index < -0.39 is 0 Å². The molecule has 4 rings (SSSR count). The van der Waals surface area contributed by atoms with E-state index in [2.05, 4.69) is 16.7 Å². The predicted octanol–water partition coefficient (Wildman–Crippen LogP) is 0.433. The molecule has 1 saturated carbocycles. The summed E-state index contributed by atoms with van der Waals surface area (Å²) in [5, 5.41) is 0. The van der Waals surface area contributed by atoms with Crippen molar-refractivity contribution in [2.45, 2.75) is 13.3 Å². The highest BCUT2D eigenvalue weighted by molar-refractivity contribution is 5.83. The average molecular weight is 250 g/mol. The number of hydrogen-bond acceptors (Lipinski definition) is 3. The summed E-state index contributed by atoms with van der Waals surface area (Å²) in [6.07, 6.45) is 1.28. The molecule has 0 N–H and O–H groups in total. The fourth-order valence-corrected chi connectivity index (χ4v) is 4.29. The van der Waals surface area contributed by atoms with E-state index in [9.17, 15) is 4.79 Å². The second-order valence-electron chi connectivity index (χ2n) is 6.70. The molecule has 0 bridgehead atoms. The van der Waals surface area contributed by atoms with E-state index in [1.54, 1.807) is 0 Å². The maximum atomic E-state index is 12.3. The first kappa shape index (κ1) is 11.2. The third kappa shape index (κ3) is 1.48. The Labute approximate surface area is 108 Å². The number of ether oxygens (including phenoxy) is 1. The lowest BCUT2D eigenvalue weighted by Gasteiger charge is -2.48. The molecule has 1 unspecified atom stereocenters. The third-order valence-corrected chi connectivity index (χ3v) is 5.57. The highest BCUT2D eigenvalue weighted by Crippen LogP contribution is 2.53. The molecule has 100 valence electrons. The van der Waals surface area contributed by atoms with Crippen LogP contribution < -0.4 is 0 Å². The fraction of sp³-hybridized carbons (Fsp3) is 0.929. The normalized spacial score (nSPS) is 40.9. The third-order valence-electron chi connectivity index (χ3n) is 5.57. The number of likely N-dealkylation sites (tertiary alicyclic amines) is 2. The Morgan fingerprint density at radius 1 is 1.28 bits per heavy atom. The van der Waals surface area contributed by atoms with Gasteiger partial charge in [-0.25, -0.2) is 0 Å². The molecule has 0 aromatic heterocycles. The van der Waals surface area contributed by atoms with Crippen molar-refractivity contribution in [3.05, 3.63) is 0 Å². The van der Waals surface area contributed by atoms with Crippen molar-refractivity contribution in [2.75, 3.05) is 45.9 Å². The van der Waals surface area contributed by atoms with E-state index in [-0.39, 0.29) is 0 Å². The second kappa shape index (κ2) is 3.70. The Hall–Kier alpha value is -0.610. The van der Waals surface area contributed by atoms with Crippen molar-refractivity contribution >= 4 is 5.91 Å². The van der Waals surface area contributed by atoms with Gasteiger partial charge in [0.25, 0.3) is 0 Å². The number of fused-ring (bicyclic) bond motifs is 1. The van der Waals surface area contributed by atoms with Crippen LogP contribution in [-0.4, -0.2) is 61.6 Å². The van der Waals surface area contributed by atoms with Gasteiger partial charge in [0.2, 0.25) is 5.91 Å². The lowest BCUT2D eigenvalue weighted by Crippen LogP contribution is -2.60. The molecule has 4 nitrogen and oxygen atoms in total. The van der Waals surface area contributed by atoms with Crippen LogP contribution in [0.5, 0.6) is 0 Å². The second-order valence-corrected chi connectivity index (χ2v) is 6.70. The lowest BCUT2D eigenvalue weighted by atomic mass is 9.78. The summed E-state index contributed by atoms with van der Waals surface area (Å²) in [5.74, 6) is 1.86. The molecule has 3 heterocycles. The van der Waals surface area contributed by atoms with Gasteiger partial charge in [-0.1, -0.05) is 6.92 Å². The summed E-state index contributed by atoms with van der Waals surface area (Å²) in [5.41, 5.74) is 0.451. The molecular formula is C14H22N2O2. The molecule has 4 aliphatic rings. The fourth-order valence-electron chi connectivity index (χ4n) is 4.29. The Balaban J connectivity index is 1.33. The largest absolute Gasteiger partial charge is 0.381 e. The van der Waals surface area contributed by atoms with Crippen molar-refractivity contribution in [3.8, 4) is 0 Å². The van der Waals surface area contributed by atoms with E-state index in [4.69, 9.17) is 4.74 Å². The molecule has 0 radical (unpaired) electrons. The van der Waals surface area contributed by atoms with Gasteiger partial charge in [0, 0.05) is 31.0 Å². The summed E-state index contributed by atoms with van der Waals surface area (Å²) < 4.78 is 5.36. The minimum atomic E-state index is 0.319. The number of carbonyl (C=O) groups excluding carboxylic acids is 1. The smallest absolute Gasteiger partial charge is 0.226 e. The molecule has 1 spiro atoms. The molecule has 3 atom stereocenters. The average Bonchev–Trinajstić information content (AvgIpc) is 2.75. The number of rotatable bonds is 2. The Bertz CT molecular complexity index is 368. The molecule has 3 saturated heterocycles. The quantitative estimate of drug-likeness (QED) is 0.712. The van der Waals surface area contributed by atoms with Gasteiger partial charge in [0.15, 0.2) is 0 Å². The molecule has 0 aromatic rings. The van der Waals surface area contributed by atoms with Gasteiger partial charge in [0.05, 0.1) is 13.2 Å². The van der Waals surface area contributed by atoms with Crippen molar-refractivity contribution in [1.82, 2.24) is 9.80 Å². The summed E-state index contributed by atoms with van der Waals surface area (Å²) in [7, 11) is 0. The molecule has 4 heteroatoms. The van der Waals surface area contributed by atoms with E-state index >= 15 is 0 Å². The van der Waals surface area contributed by atoms with E-state index in [0.717, 1.165) is 32.8 Å². The van der Waals surface area contributed by atoms with Crippen molar-refractivity contribution < 1.29 is 9.53 Å². The monoisotopic (exact) mass is 250 g/mol. The highest BCUT2D eigenvalue weighted by Gasteiger charge is 2.61. The van der Waals surface area contributed by atoms with E-state index in [0.29, 0.717) is 29.1 Å². The standard InChI is InChI=1S/C14H22N2O2/c1-2-15-4-3-14(7-15)8-16(9-14)13(17)12-10-5-18-6-11(10)12/h10-12H,2-9H2,1H3/t10-,11+,12?. The van der Waals surface area contributed by atoms with Gasteiger partial charge < -0.3 is 14.5 Å². The maximum absolute atomic E-state index is 12.3. The lowest BCUT2D eigenvalue weighted by molar-refractivity contribution is -0.145. The van der Waals surface area contributed by atoms with E-state index in [1.165, 1.54) is 19.5 Å². The summed E-state index contributed by atoms with van der Waals surface area (Å²) >= 11 is 0. The van der Waals surface area contributed by atoms with Crippen LogP contribution >= 0.6 is 0 Å². The van der Waals surface area contributed by atoms with Crippen LogP contribution in [0.25, 0.3) is 0 Å². The van der Waals surface area contributed by atoms with Crippen molar-refractivity contribution in [3.63, 3.8) is 0 Å². The van der Waals surface area contributed by atoms with Crippen LogP contribution in [0.15, 0.2) is 0 Å². The first-order valence-corrected chi connectivity index (χ1v) is 7.31.